The third kappa shape index (κ3) is 3.54. The summed E-state index contributed by atoms with van der Waals surface area (Å²) in [6.07, 6.45) is 0. The van der Waals surface area contributed by atoms with Gasteiger partial charge in [0, 0.05) is 29.0 Å². The Morgan fingerprint density at radius 3 is 2.64 bits per heavy atom. The van der Waals surface area contributed by atoms with Crippen LogP contribution in [0.5, 0.6) is 0 Å². The van der Waals surface area contributed by atoms with Crippen molar-refractivity contribution in [3.63, 3.8) is 0 Å². The van der Waals surface area contributed by atoms with Gasteiger partial charge in [-0.15, -0.1) is 11.8 Å². The van der Waals surface area contributed by atoms with Crippen LogP contribution in [0.1, 0.15) is 11.1 Å². The number of para-hydroxylation sites is 1. The number of benzene rings is 3. The number of rotatable bonds is 3. The van der Waals surface area contributed by atoms with E-state index in [1.807, 2.05) is 42.5 Å². The van der Waals surface area contributed by atoms with E-state index in [-0.39, 0.29) is 18.1 Å². The van der Waals surface area contributed by atoms with Gasteiger partial charge < -0.3 is 10.2 Å². The van der Waals surface area contributed by atoms with Gasteiger partial charge in [0.15, 0.2) is 4.87 Å². The van der Waals surface area contributed by atoms with Gasteiger partial charge in [0.2, 0.25) is 0 Å². The number of fused-ring (bicyclic) bond motifs is 2. The Morgan fingerprint density at radius 2 is 1.85 bits per heavy atom. The van der Waals surface area contributed by atoms with Crippen LogP contribution in [0.15, 0.2) is 66.7 Å². The van der Waals surface area contributed by atoms with Crippen LogP contribution < -0.4 is 10.2 Å². The third-order valence-corrected chi connectivity index (χ3v) is 7.59. The monoisotopic (exact) mass is 485 g/mol. The van der Waals surface area contributed by atoms with Gasteiger partial charge in [0.1, 0.15) is 11.6 Å². The van der Waals surface area contributed by atoms with Crippen LogP contribution in [0.4, 0.5) is 25.0 Å². The first-order chi connectivity index (χ1) is 15.9. The van der Waals surface area contributed by atoms with E-state index in [2.05, 4.69) is 5.32 Å². The number of nitrogens with zero attached hydrogens (tertiary/aromatic N) is 2. The number of hydrogen-bond donors (Lipinski definition) is 1. The highest BCUT2D eigenvalue weighted by atomic mass is 35.5. The van der Waals surface area contributed by atoms with Crippen molar-refractivity contribution in [3.8, 4) is 0 Å². The summed E-state index contributed by atoms with van der Waals surface area (Å²) >= 11 is 7.71. The molecule has 5 nitrogen and oxygen atoms in total. The van der Waals surface area contributed by atoms with Crippen LogP contribution in [-0.4, -0.2) is 29.1 Å². The number of anilines is 2. The highest BCUT2D eigenvalue weighted by Gasteiger charge is 2.59. The number of halogens is 3. The van der Waals surface area contributed by atoms with Gasteiger partial charge in [0.05, 0.1) is 17.9 Å². The summed E-state index contributed by atoms with van der Waals surface area (Å²) < 4.78 is 27.4. The van der Waals surface area contributed by atoms with E-state index in [4.69, 9.17) is 11.6 Å². The molecule has 2 aliphatic heterocycles. The lowest BCUT2D eigenvalue weighted by Gasteiger charge is -2.33. The van der Waals surface area contributed by atoms with Gasteiger partial charge in [-0.05, 0) is 29.8 Å². The Bertz CT molecular complexity index is 1270. The van der Waals surface area contributed by atoms with E-state index in [1.165, 1.54) is 16.7 Å². The van der Waals surface area contributed by atoms with E-state index >= 15 is 0 Å². The summed E-state index contributed by atoms with van der Waals surface area (Å²) in [6.45, 7) is 0.541. The van der Waals surface area contributed by atoms with Crippen molar-refractivity contribution in [2.45, 2.75) is 11.4 Å². The maximum absolute atomic E-state index is 14.2. The highest BCUT2D eigenvalue weighted by Crippen LogP contribution is 2.54. The van der Waals surface area contributed by atoms with E-state index in [0.29, 0.717) is 34.6 Å². The first kappa shape index (κ1) is 21.7. The smallest absolute Gasteiger partial charge is 0.305 e. The quantitative estimate of drug-likeness (QED) is 0.525. The molecular formula is C24H18ClF2N3O2S. The summed E-state index contributed by atoms with van der Waals surface area (Å²) in [4.78, 5) is 28.9. The van der Waals surface area contributed by atoms with E-state index in [1.54, 1.807) is 11.0 Å². The molecule has 1 atom stereocenters. The zero-order chi connectivity index (χ0) is 23.2. The minimum absolute atomic E-state index is 0.153. The summed E-state index contributed by atoms with van der Waals surface area (Å²) in [5.41, 5.74) is 2.02. The van der Waals surface area contributed by atoms with Crippen molar-refractivity contribution in [1.29, 1.82) is 0 Å². The van der Waals surface area contributed by atoms with Crippen molar-refractivity contribution >= 4 is 46.7 Å². The fourth-order valence-electron chi connectivity index (χ4n) is 4.30. The van der Waals surface area contributed by atoms with E-state index in [9.17, 15) is 18.4 Å². The molecule has 3 amide bonds. The van der Waals surface area contributed by atoms with Crippen LogP contribution in [-0.2, 0) is 16.2 Å². The number of urea groups is 1. The molecule has 0 saturated carbocycles. The summed E-state index contributed by atoms with van der Waals surface area (Å²) in [5.74, 6) is -1.36. The molecule has 2 heterocycles. The fourth-order valence-corrected chi connectivity index (χ4v) is 5.95. The number of thioether (sulfide) groups is 1. The van der Waals surface area contributed by atoms with E-state index in [0.717, 1.165) is 17.7 Å². The molecular weight excluding hydrogens is 468 g/mol. The van der Waals surface area contributed by atoms with Gasteiger partial charge in [-0.3, -0.25) is 9.69 Å². The molecule has 33 heavy (non-hydrogen) atoms. The Hall–Kier alpha value is -3.10. The molecule has 1 N–H and O–H groups in total. The standard InChI is InChI=1S/C24H18ClF2N3O2S/c25-18-7-3-1-5-15(18)14-29-21-8-4-2-6-17(21)24(22(29)31)30(11-12-33-24)23(32)28-20-10-9-16(26)13-19(20)27/h1-10,13H,11-12,14H2,(H,28,32)/t24-/m0/s1. The molecule has 1 saturated heterocycles. The predicted octanol–water partition coefficient (Wildman–Crippen LogP) is 5.60. The Labute approximate surface area is 198 Å². The molecule has 168 valence electrons. The molecule has 0 unspecified atom stereocenters. The summed E-state index contributed by atoms with van der Waals surface area (Å²) in [5, 5.41) is 3.04. The second-order valence-electron chi connectivity index (χ2n) is 7.70. The first-order valence-corrected chi connectivity index (χ1v) is 11.6. The summed E-state index contributed by atoms with van der Waals surface area (Å²) in [7, 11) is 0. The molecule has 0 bridgehead atoms. The number of carbonyl (C=O) groups is 2. The fraction of sp³-hybridized carbons (Fsp3) is 0.167. The lowest BCUT2D eigenvalue weighted by Crippen LogP contribution is -2.51. The Balaban J connectivity index is 1.51. The number of carbonyl (C=O) groups excluding carboxylic acids is 2. The second kappa shape index (κ2) is 8.35. The second-order valence-corrected chi connectivity index (χ2v) is 9.39. The number of nitrogens with one attached hydrogen (secondary N) is 1. The lowest BCUT2D eigenvalue weighted by molar-refractivity contribution is -0.123. The van der Waals surface area contributed by atoms with Crippen molar-refractivity contribution in [2.75, 3.05) is 22.5 Å². The van der Waals surface area contributed by atoms with Gasteiger partial charge in [-0.25, -0.2) is 13.6 Å². The largest absolute Gasteiger partial charge is 0.323 e. The van der Waals surface area contributed by atoms with Crippen molar-refractivity contribution in [1.82, 2.24) is 4.90 Å². The minimum atomic E-state index is -1.28. The number of hydrogen-bond acceptors (Lipinski definition) is 3. The zero-order valence-corrected chi connectivity index (χ0v) is 18.8. The SMILES string of the molecule is O=C(Nc1ccc(F)cc1F)N1CCS[C@@]12C(=O)N(Cc1ccccc1Cl)c1ccccc12. The topological polar surface area (TPSA) is 52.7 Å². The lowest BCUT2D eigenvalue weighted by atomic mass is 10.1. The summed E-state index contributed by atoms with van der Waals surface area (Å²) in [6, 6.07) is 16.9. The van der Waals surface area contributed by atoms with Crippen LogP contribution >= 0.6 is 23.4 Å². The predicted molar refractivity (Wildman–Crippen MR) is 125 cm³/mol. The first-order valence-electron chi connectivity index (χ1n) is 10.2. The van der Waals surface area contributed by atoms with Gasteiger partial charge in [0.25, 0.3) is 5.91 Å². The van der Waals surface area contributed by atoms with Crippen LogP contribution in [0, 0.1) is 11.6 Å². The van der Waals surface area contributed by atoms with Gasteiger partial charge >= 0.3 is 6.03 Å². The van der Waals surface area contributed by atoms with Crippen LogP contribution in [0.25, 0.3) is 0 Å². The van der Waals surface area contributed by atoms with Gasteiger partial charge in [-0.1, -0.05) is 48.0 Å². The molecule has 3 aromatic rings. The van der Waals surface area contributed by atoms with Crippen LogP contribution in [0.3, 0.4) is 0 Å². The normalized spacial score (nSPS) is 19.3. The zero-order valence-electron chi connectivity index (χ0n) is 17.2. The molecule has 2 aliphatic rings. The van der Waals surface area contributed by atoms with E-state index < -0.39 is 22.5 Å². The average Bonchev–Trinajstić information content (AvgIpc) is 3.34. The Kier molecular flexibility index (Phi) is 5.50. The van der Waals surface area contributed by atoms with Crippen molar-refractivity contribution < 1.29 is 18.4 Å². The molecule has 5 rings (SSSR count). The average molecular weight is 486 g/mol. The molecule has 0 radical (unpaired) electrons. The molecule has 0 aliphatic carbocycles. The molecule has 9 heteroatoms. The van der Waals surface area contributed by atoms with Crippen molar-refractivity contribution in [3.05, 3.63) is 94.5 Å². The molecule has 1 spiro atoms. The third-order valence-electron chi connectivity index (χ3n) is 5.81. The molecule has 3 aromatic carbocycles. The molecule has 1 fully saturated rings. The van der Waals surface area contributed by atoms with Crippen LogP contribution in [0.2, 0.25) is 5.02 Å². The maximum atomic E-state index is 14.2. The minimum Gasteiger partial charge on any atom is -0.305 e. The Morgan fingerprint density at radius 1 is 1.09 bits per heavy atom. The number of amides is 3. The van der Waals surface area contributed by atoms with Crippen molar-refractivity contribution in [2.24, 2.45) is 0 Å². The van der Waals surface area contributed by atoms with Gasteiger partial charge in [-0.2, -0.15) is 0 Å². The molecule has 0 aromatic heterocycles. The highest BCUT2D eigenvalue weighted by molar-refractivity contribution is 8.01. The maximum Gasteiger partial charge on any atom is 0.323 e.